The molecule has 354 valence electrons. The molecule has 1 aliphatic heterocycles. The Balaban J connectivity index is 2.39. The summed E-state index contributed by atoms with van der Waals surface area (Å²) in [6.07, 6.45) is 31.1. The molecule has 0 saturated carbocycles. The second-order valence-corrected chi connectivity index (χ2v) is 18.6. The highest BCUT2D eigenvalue weighted by Gasteiger charge is 2.46. The van der Waals surface area contributed by atoms with Crippen LogP contribution < -0.4 is 0 Å². The molecule has 1 fully saturated rings. The van der Waals surface area contributed by atoms with Crippen molar-refractivity contribution in [3.8, 4) is 0 Å². The zero-order chi connectivity index (χ0) is 44.1. The number of aliphatic hydroxyl groups is 3. The first kappa shape index (κ1) is 56.4. The minimum Gasteiger partial charge on any atom is -0.462 e. The highest BCUT2D eigenvalue weighted by molar-refractivity contribution is 7.85. The van der Waals surface area contributed by atoms with Gasteiger partial charge in [-0.1, -0.05) is 180 Å². The highest BCUT2D eigenvalue weighted by Crippen LogP contribution is 2.24. The molecule has 0 radical (unpaired) electrons. The van der Waals surface area contributed by atoms with Crippen LogP contribution in [0.4, 0.5) is 0 Å². The summed E-state index contributed by atoms with van der Waals surface area (Å²) < 4.78 is 54.1. The first-order valence-corrected chi connectivity index (χ1v) is 25.9. The van der Waals surface area contributed by atoms with Crippen LogP contribution in [0.1, 0.15) is 219 Å². The van der Waals surface area contributed by atoms with Crippen LogP contribution in [0, 0.1) is 0 Å². The molecule has 4 N–H and O–H groups in total. The van der Waals surface area contributed by atoms with Crippen molar-refractivity contribution in [2.24, 2.45) is 0 Å². The minimum absolute atomic E-state index is 0.167. The van der Waals surface area contributed by atoms with Crippen molar-refractivity contribution in [1.29, 1.82) is 0 Å². The summed E-state index contributed by atoms with van der Waals surface area (Å²) in [5.74, 6) is -1.99. The van der Waals surface area contributed by atoms with E-state index in [0.717, 1.165) is 44.9 Å². The smallest absolute Gasteiger partial charge is 0.306 e. The summed E-state index contributed by atoms with van der Waals surface area (Å²) in [4.78, 5) is 25.4. The van der Waals surface area contributed by atoms with E-state index >= 15 is 0 Å². The quantitative estimate of drug-likeness (QED) is 0.0197. The van der Waals surface area contributed by atoms with E-state index in [2.05, 4.69) is 26.0 Å². The average molecular weight is 877 g/mol. The SMILES string of the molecule is CCCCCCCC/C=C/CCCCCC(=O)OC[C@H](CO[C@H]1O[C@H](CS(=O)(=O)O)[C@@H](O)C(O)C1O)OC(=O)CCCCCCCCCCCCCCCCCCCCC. The van der Waals surface area contributed by atoms with Crippen molar-refractivity contribution in [3.63, 3.8) is 0 Å². The lowest BCUT2D eigenvalue weighted by atomic mass is 10.00. The molecule has 0 aromatic heterocycles. The maximum Gasteiger partial charge on any atom is 0.306 e. The number of rotatable bonds is 41. The molecule has 12 nitrogen and oxygen atoms in total. The topological polar surface area (TPSA) is 186 Å². The van der Waals surface area contributed by atoms with Crippen LogP contribution >= 0.6 is 0 Å². The van der Waals surface area contributed by atoms with Gasteiger partial charge in [0.25, 0.3) is 10.1 Å². The van der Waals surface area contributed by atoms with E-state index in [9.17, 15) is 37.9 Å². The molecule has 0 aromatic carbocycles. The molecule has 0 spiro atoms. The Kier molecular flexibility index (Phi) is 35.6. The maximum atomic E-state index is 12.8. The number of carbonyl (C=O) groups excluding carboxylic acids is 2. The van der Waals surface area contributed by atoms with Crippen LogP contribution in [0.15, 0.2) is 12.2 Å². The number of allylic oxidation sites excluding steroid dienone is 2. The molecule has 13 heteroatoms. The lowest BCUT2D eigenvalue weighted by Gasteiger charge is -2.40. The fourth-order valence-electron chi connectivity index (χ4n) is 7.56. The monoisotopic (exact) mass is 877 g/mol. The molecule has 0 aliphatic carbocycles. The summed E-state index contributed by atoms with van der Waals surface area (Å²) in [6.45, 7) is 3.76. The third-order valence-corrected chi connectivity index (χ3v) is 12.1. The second-order valence-electron chi connectivity index (χ2n) is 17.1. The van der Waals surface area contributed by atoms with Crippen LogP contribution in [0.25, 0.3) is 0 Å². The maximum absolute atomic E-state index is 12.8. The standard InChI is InChI=1S/C47H88O12S/c1-3-5-7-9-11-13-15-17-18-19-20-21-22-24-26-28-30-32-34-36-43(49)58-40(38-57-47-46(52)45(51)44(50)41(59-47)39-60(53,54)55)37-56-42(48)35-33-31-29-27-25-23-16-14-12-10-8-6-4-2/h23,25,40-41,44-47,50-52H,3-22,24,26-39H2,1-2H3,(H,53,54,55)/b25-23+/t40-,41-,44-,45?,46?,47+/m1/s1. The average Bonchev–Trinajstić information content (AvgIpc) is 3.21. The molecular weight excluding hydrogens is 789 g/mol. The Labute approximate surface area is 365 Å². The Morgan fingerprint density at radius 2 is 0.950 bits per heavy atom. The lowest BCUT2D eigenvalue weighted by molar-refractivity contribution is -0.297. The molecule has 2 unspecified atom stereocenters. The summed E-state index contributed by atoms with van der Waals surface area (Å²) in [5, 5.41) is 30.9. The van der Waals surface area contributed by atoms with Crippen LogP contribution in [0.2, 0.25) is 0 Å². The molecule has 0 bridgehead atoms. The van der Waals surface area contributed by atoms with Gasteiger partial charge in [0.15, 0.2) is 12.4 Å². The van der Waals surface area contributed by atoms with Gasteiger partial charge in [0.1, 0.15) is 36.8 Å². The van der Waals surface area contributed by atoms with E-state index < -0.39 is 71.2 Å². The van der Waals surface area contributed by atoms with Crippen LogP contribution in [0.3, 0.4) is 0 Å². The van der Waals surface area contributed by atoms with Crippen LogP contribution in [-0.2, 0) is 38.7 Å². The van der Waals surface area contributed by atoms with Gasteiger partial charge in [-0.25, -0.2) is 0 Å². The number of hydrogen-bond donors (Lipinski definition) is 4. The van der Waals surface area contributed by atoms with Crippen LogP contribution in [0.5, 0.6) is 0 Å². The van der Waals surface area contributed by atoms with Crippen molar-refractivity contribution in [1.82, 2.24) is 0 Å². The van der Waals surface area contributed by atoms with Gasteiger partial charge in [-0.3, -0.25) is 14.1 Å². The van der Waals surface area contributed by atoms with Crippen LogP contribution in [-0.4, -0.2) is 96.0 Å². The zero-order valence-corrected chi connectivity index (χ0v) is 38.6. The highest BCUT2D eigenvalue weighted by atomic mass is 32.2. The largest absolute Gasteiger partial charge is 0.462 e. The van der Waals surface area contributed by atoms with E-state index in [1.165, 1.54) is 135 Å². The minimum atomic E-state index is -4.60. The van der Waals surface area contributed by atoms with Crippen molar-refractivity contribution in [2.75, 3.05) is 19.0 Å². The van der Waals surface area contributed by atoms with Crippen molar-refractivity contribution >= 4 is 22.1 Å². The fourth-order valence-corrected chi connectivity index (χ4v) is 8.25. The molecule has 0 amide bonds. The van der Waals surface area contributed by atoms with E-state index in [0.29, 0.717) is 12.8 Å². The first-order chi connectivity index (χ1) is 29.0. The van der Waals surface area contributed by atoms with Crippen molar-refractivity contribution in [3.05, 3.63) is 12.2 Å². The van der Waals surface area contributed by atoms with E-state index in [1.54, 1.807) is 0 Å². The molecule has 1 heterocycles. The number of hydrogen-bond acceptors (Lipinski definition) is 11. The van der Waals surface area contributed by atoms with Gasteiger partial charge >= 0.3 is 11.9 Å². The van der Waals surface area contributed by atoms with Crippen molar-refractivity contribution in [2.45, 2.75) is 256 Å². The van der Waals surface area contributed by atoms with Gasteiger partial charge in [-0.2, -0.15) is 8.42 Å². The third kappa shape index (κ3) is 32.1. The Morgan fingerprint density at radius 3 is 1.40 bits per heavy atom. The summed E-state index contributed by atoms with van der Waals surface area (Å²) in [7, 11) is -4.60. The third-order valence-electron chi connectivity index (χ3n) is 11.3. The molecule has 6 atom stereocenters. The van der Waals surface area contributed by atoms with Gasteiger partial charge in [0.2, 0.25) is 0 Å². The molecule has 1 saturated heterocycles. The molecular formula is C47H88O12S. The Morgan fingerprint density at radius 1 is 0.550 bits per heavy atom. The van der Waals surface area contributed by atoms with Gasteiger partial charge < -0.3 is 34.3 Å². The fraction of sp³-hybridized carbons (Fsp3) is 0.915. The van der Waals surface area contributed by atoms with Gasteiger partial charge in [-0.15, -0.1) is 0 Å². The van der Waals surface area contributed by atoms with Crippen molar-refractivity contribution < 1.29 is 56.8 Å². The predicted molar refractivity (Wildman–Crippen MR) is 238 cm³/mol. The summed E-state index contributed by atoms with van der Waals surface area (Å²) >= 11 is 0. The summed E-state index contributed by atoms with van der Waals surface area (Å²) in [5.41, 5.74) is 0. The number of ether oxygens (including phenoxy) is 4. The first-order valence-electron chi connectivity index (χ1n) is 24.2. The second kappa shape index (κ2) is 37.9. The summed E-state index contributed by atoms with van der Waals surface area (Å²) in [6, 6.07) is 0. The number of aliphatic hydroxyl groups excluding tert-OH is 3. The number of unbranched alkanes of at least 4 members (excludes halogenated alkanes) is 27. The molecule has 0 aromatic rings. The van der Waals surface area contributed by atoms with E-state index in [-0.39, 0.29) is 19.4 Å². The molecule has 60 heavy (non-hydrogen) atoms. The van der Waals surface area contributed by atoms with Gasteiger partial charge in [0.05, 0.1) is 6.61 Å². The van der Waals surface area contributed by atoms with Gasteiger partial charge in [-0.05, 0) is 38.5 Å². The number of esters is 2. The Bertz CT molecular complexity index is 1170. The van der Waals surface area contributed by atoms with E-state index in [1.807, 2.05) is 0 Å². The van der Waals surface area contributed by atoms with E-state index in [4.69, 9.17) is 18.9 Å². The lowest BCUT2D eigenvalue weighted by Crippen LogP contribution is -2.60. The van der Waals surface area contributed by atoms with Gasteiger partial charge in [0, 0.05) is 12.8 Å². The zero-order valence-electron chi connectivity index (χ0n) is 37.8. The predicted octanol–water partition coefficient (Wildman–Crippen LogP) is 10.2. The normalized spacial score (nSPS) is 20.1. The number of carbonyl (C=O) groups is 2. The molecule has 1 aliphatic rings. The molecule has 1 rings (SSSR count). The Hall–Kier alpha value is -1.61.